The van der Waals surface area contributed by atoms with Crippen molar-refractivity contribution in [3.05, 3.63) is 28.2 Å². The van der Waals surface area contributed by atoms with E-state index in [4.69, 9.17) is 0 Å². The van der Waals surface area contributed by atoms with Gasteiger partial charge in [-0.3, -0.25) is 4.79 Å². The van der Waals surface area contributed by atoms with Gasteiger partial charge >= 0.3 is 0 Å². The molecule has 0 unspecified atom stereocenters. The predicted molar refractivity (Wildman–Crippen MR) is 68.3 cm³/mol. The van der Waals surface area contributed by atoms with E-state index >= 15 is 0 Å². The summed E-state index contributed by atoms with van der Waals surface area (Å²) < 4.78 is 26.8. The highest BCUT2D eigenvalue weighted by Gasteiger charge is 2.21. The summed E-state index contributed by atoms with van der Waals surface area (Å²) in [7, 11) is 0. The summed E-state index contributed by atoms with van der Waals surface area (Å²) in [6, 6.07) is 1.64. The Labute approximate surface area is 112 Å². The van der Waals surface area contributed by atoms with Crippen LogP contribution in [0.4, 0.5) is 14.5 Å². The Balaban J connectivity index is 2.08. The Bertz CT molecular complexity index is 462. The molecule has 0 saturated carbocycles. The number of amides is 1. The first kappa shape index (κ1) is 13.4. The summed E-state index contributed by atoms with van der Waals surface area (Å²) in [5.74, 6) is -1.59. The van der Waals surface area contributed by atoms with E-state index in [1.165, 1.54) is 0 Å². The molecule has 0 aliphatic carbocycles. The summed E-state index contributed by atoms with van der Waals surface area (Å²) in [5, 5.41) is 5.46. The fourth-order valence-electron chi connectivity index (χ4n) is 1.91. The van der Waals surface area contributed by atoms with E-state index in [0.717, 1.165) is 31.5 Å². The van der Waals surface area contributed by atoms with Gasteiger partial charge in [-0.05, 0) is 41.4 Å². The van der Waals surface area contributed by atoms with Crippen LogP contribution >= 0.6 is 15.9 Å². The number of hydrogen-bond donors (Lipinski definition) is 2. The third kappa shape index (κ3) is 3.05. The van der Waals surface area contributed by atoms with E-state index in [2.05, 4.69) is 26.6 Å². The predicted octanol–water partition coefficient (Wildman–Crippen LogP) is 2.81. The molecule has 0 radical (unpaired) electrons. The lowest BCUT2D eigenvalue weighted by Crippen LogP contribution is -2.43. The zero-order valence-corrected chi connectivity index (χ0v) is 11.2. The van der Waals surface area contributed by atoms with Crippen LogP contribution in [0.25, 0.3) is 0 Å². The Morgan fingerprint density at radius 2 is 2.11 bits per heavy atom. The number of halogens is 3. The van der Waals surface area contributed by atoms with Crippen LogP contribution in [-0.2, 0) is 4.79 Å². The number of nitrogens with one attached hydrogen (secondary N) is 2. The molecule has 1 saturated heterocycles. The van der Waals surface area contributed by atoms with Crippen LogP contribution in [0.15, 0.2) is 16.6 Å². The number of benzene rings is 1. The molecule has 98 valence electrons. The topological polar surface area (TPSA) is 41.1 Å². The Morgan fingerprint density at radius 3 is 2.78 bits per heavy atom. The molecule has 2 rings (SSSR count). The van der Waals surface area contributed by atoms with Gasteiger partial charge in [0.1, 0.15) is 11.6 Å². The molecule has 3 nitrogen and oxygen atoms in total. The van der Waals surface area contributed by atoms with Gasteiger partial charge in [0.25, 0.3) is 0 Å². The van der Waals surface area contributed by atoms with Crippen molar-refractivity contribution in [2.75, 3.05) is 11.9 Å². The number of anilines is 1. The molecule has 1 atom stereocenters. The number of carbonyl (C=O) groups excluding carboxylic acids is 1. The summed E-state index contributed by atoms with van der Waals surface area (Å²) in [6.45, 7) is 0.773. The molecule has 1 fully saturated rings. The molecule has 0 aromatic heterocycles. The van der Waals surface area contributed by atoms with Gasteiger partial charge in [0.15, 0.2) is 0 Å². The van der Waals surface area contributed by atoms with Crippen LogP contribution in [0, 0.1) is 11.6 Å². The highest BCUT2D eigenvalue weighted by Crippen LogP contribution is 2.23. The molecule has 6 heteroatoms. The zero-order chi connectivity index (χ0) is 13.1. The van der Waals surface area contributed by atoms with Crippen molar-refractivity contribution in [1.82, 2.24) is 5.32 Å². The molecular formula is C12H13BrF2N2O. The lowest BCUT2D eigenvalue weighted by atomic mass is 10.0. The van der Waals surface area contributed by atoms with Crippen molar-refractivity contribution < 1.29 is 13.6 Å². The first-order valence-corrected chi connectivity index (χ1v) is 6.56. The first-order valence-electron chi connectivity index (χ1n) is 5.76. The second-order valence-corrected chi connectivity index (χ2v) is 5.09. The molecule has 0 bridgehead atoms. The van der Waals surface area contributed by atoms with Gasteiger partial charge in [-0.25, -0.2) is 8.78 Å². The molecular weight excluding hydrogens is 306 g/mol. The fourth-order valence-corrected chi connectivity index (χ4v) is 2.23. The lowest BCUT2D eigenvalue weighted by Gasteiger charge is -2.22. The van der Waals surface area contributed by atoms with Gasteiger partial charge in [-0.1, -0.05) is 6.42 Å². The number of hydrogen-bond acceptors (Lipinski definition) is 2. The molecule has 1 aliphatic heterocycles. The minimum Gasteiger partial charge on any atom is -0.322 e. The average molecular weight is 319 g/mol. The van der Waals surface area contributed by atoms with Gasteiger partial charge in [-0.15, -0.1) is 0 Å². The van der Waals surface area contributed by atoms with E-state index < -0.39 is 11.6 Å². The highest BCUT2D eigenvalue weighted by atomic mass is 79.9. The summed E-state index contributed by atoms with van der Waals surface area (Å²) in [4.78, 5) is 11.8. The summed E-state index contributed by atoms with van der Waals surface area (Å²) in [5.41, 5.74) is -0.131. The Morgan fingerprint density at radius 1 is 1.33 bits per heavy atom. The van der Waals surface area contributed by atoms with Crippen LogP contribution in [0.2, 0.25) is 0 Å². The maximum Gasteiger partial charge on any atom is 0.241 e. The van der Waals surface area contributed by atoms with E-state index in [9.17, 15) is 13.6 Å². The van der Waals surface area contributed by atoms with Crippen LogP contribution in [-0.4, -0.2) is 18.5 Å². The number of piperidine rings is 1. The standard InChI is InChI=1S/C12H13BrF2N2O/c13-7-5-9(15)11(6-8(7)14)17-12(18)10-3-1-2-4-16-10/h5-6,10,16H,1-4H2,(H,17,18)/t10-/m0/s1. The number of carbonyl (C=O) groups is 1. The van der Waals surface area contributed by atoms with Gasteiger partial charge < -0.3 is 10.6 Å². The van der Waals surface area contributed by atoms with E-state index in [-0.39, 0.29) is 22.1 Å². The molecule has 1 aliphatic rings. The fraction of sp³-hybridized carbons (Fsp3) is 0.417. The van der Waals surface area contributed by atoms with Gasteiger partial charge in [0.2, 0.25) is 5.91 Å². The maximum atomic E-state index is 13.5. The summed E-state index contributed by atoms with van der Waals surface area (Å²) in [6.07, 6.45) is 2.71. The normalized spacial score (nSPS) is 19.6. The minimum absolute atomic E-state index is 0.0359. The smallest absolute Gasteiger partial charge is 0.241 e. The third-order valence-corrected chi connectivity index (χ3v) is 3.50. The molecule has 1 aromatic carbocycles. The SMILES string of the molecule is O=C(Nc1cc(F)c(Br)cc1F)[C@@H]1CCCCN1. The monoisotopic (exact) mass is 318 g/mol. The second kappa shape index (κ2) is 5.75. The van der Waals surface area contributed by atoms with E-state index in [1.807, 2.05) is 0 Å². The molecule has 1 amide bonds. The zero-order valence-electron chi connectivity index (χ0n) is 9.60. The largest absolute Gasteiger partial charge is 0.322 e. The van der Waals surface area contributed by atoms with Crippen LogP contribution in [0.5, 0.6) is 0 Å². The van der Waals surface area contributed by atoms with Crippen LogP contribution in [0.1, 0.15) is 19.3 Å². The molecule has 18 heavy (non-hydrogen) atoms. The van der Waals surface area contributed by atoms with E-state index in [0.29, 0.717) is 6.42 Å². The third-order valence-electron chi connectivity index (χ3n) is 2.89. The van der Waals surface area contributed by atoms with Crippen molar-refractivity contribution >= 4 is 27.5 Å². The summed E-state index contributed by atoms with van der Waals surface area (Å²) >= 11 is 2.88. The number of rotatable bonds is 2. The van der Waals surface area contributed by atoms with Crippen molar-refractivity contribution in [2.24, 2.45) is 0 Å². The molecule has 2 N–H and O–H groups in total. The van der Waals surface area contributed by atoms with Crippen molar-refractivity contribution in [3.63, 3.8) is 0 Å². The molecule has 1 heterocycles. The maximum absolute atomic E-state index is 13.5. The second-order valence-electron chi connectivity index (χ2n) is 4.24. The molecule has 0 spiro atoms. The van der Waals surface area contributed by atoms with Crippen molar-refractivity contribution in [1.29, 1.82) is 0 Å². The Hall–Kier alpha value is -1.01. The van der Waals surface area contributed by atoms with Gasteiger partial charge in [0, 0.05) is 6.07 Å². The Kier molecular flexibility index (Phi) is 4.29. The van der Waals surface area contributed by atoms with Crippen molar-refractivity contribution in [3.8, 4) is 0 Å². The molecule has 1 aromatic rings. The average Bonchev–Trinajstić information content (AvgIpc) is 2.37. The first-order chi connectivity index (χ1) is 8.58. The van der Waals surface area contributed by atoms with Crippen LogP contribution < -0.4 is 10.6 Å². The quantitative estimate of drug-likeness (QED) is 0.823. The van der Waals surface area contributed by atoms with Crippen molar-refractivity contribution in [2.45, 2.75) is 25.3 Å². The minimum atomic E-state index is -0.660. The highest BCUT2D eigenvalue weighted by molar-refractivity contribution is 9.10. The van der Waals surface area contributed by atoms with Gasteiger partial charge in [0.05, 0.1) is 16.2 Å². The van der Waals surface area contributed by atoms with E-state index in [1.54, 1.807) is 0 Å². The lowest BCUT2D eigenvalue weighted by molar-refractivity contribution is -0.118. The van der Waals surface area contributed by atoms with Crippen LogP contribution in [0.3, 0.4) is 0 Å². The van der Waals surface area contributed by atoms with Gasteiger partial charge in [-0.2, -0.15) is 0 Å².